The van der Waals surface area contributed by atoms with Gasteiger partial charge in [-0.25, -0.2) is 9.97 Å². The predicted molar refractivity (Wildman–Crippen MR) is 136 cm³/mol. The van der Waals surface area contributed by atoms with E-state index in [1.54, 1.807) is 7.11 Å². The number of aliphatic carboxylic acids is 1. The molecule has 0 amide bonds. The van der Waals surface area contributed by atoms with Crippen molar-refractivity contribution in [1.82, 2.24) is 14.9 Å². The zero-order valence-electron chi connectivity index (χ0n) is 19.7. The van der Waals surface area contributed by atoms with Crippen LogP contribution >= 0.6 is 11.6 Å². The third-order valence-electron chi connectivity index (χ3n) is 6.12. The molecule has 0 radical (unpaired) electrons. The van der Waals surface area contributed by atoms with Gasteiger partial charge in [0.2, 0.25) is 0 Å². The maximum Gasteiger partial charge on any atom is 0.320 e. The molecule has 4 N–H and O–H groups in total. The first-order valence-electron chi connectivity index (χ1n) is 11.7. The number of carboxylic acid groups (broad SMARTS) is 1. The molecule has 1 saturated heterocycles. The summed E-state index contributed by atoms with van der Waals surface area (Å²) in [5, 5.41) is 14.3. The van der Waals surface area contributed by atoms with Gasteiger partial charge in [0.05, 0.1) is 19.2 Å². The number of aromatic nitrogens is 2. The van der Waals surface area contributed by atoms with Crippen LogP contribution in [0.1, 0.15) is 31.2 Å². The maximum atomic E-state index is 11.7. The summed E-state index contributed by atoms with van der Waals surface area (Å²) in [6.45, 7) is 2.37. The quantitative estimate of drug-likeness (QED) is 0.333. The normalized spacial score (nSPS) is 15.9. The van der Waals surface area contributed by atoms with Crippen molar-refractivity contribution < 1.29 is 19.4 Å². The molecule has 1 aliphatic rings. The number of hydrogen-bond acceptors (Lipinski definition) is 8. The van der Waals surface area contributed by atoms with Crippen molar-refractivity contribution in [3.8, 4) is 11.5 Å². The Morgan fingerprint density at radius 1 is 1.26 bits per heavy atom. The zero-order valence-corrected chi connectivity index (χ0v) is 20.4. The van der Waals surface area contributed by atoms with E-state index in [0.29, 0.717) is 54.0 Å². The van der Waals surface area contributed by atoms with E-state index in [9.17, 15) is 9.90 Å². The molecule has 0 bridgehead atoms. The number of halogens is 1. The molecule has 1 aromatic heterocycles. The number of benzene rings is 2. The van der Waals surface area contributed by atoms with E-state index in [-0.39, 0.29) is 0 Å². The Hall–Kier alpha value is -3.14. The lowest BCUT2D eigenvalue weighted by Gasteiger charge is -2.23. The molecule has 1 aliphatic heterocycles. The summed E-state index contributed by atoms with van der Waals surface area (Å²) in [5.41, 5.74) is 7.97. The maximum absolute atomic E-state index is 11.7. The number of unbranched alkanes of at least 4 members (excludes halogenated alkanes) is 1. The minimum absolute atomic E-state index is 0.482. The van der Waals surface area contributed by atoms with E-state index in [1.165, 1.54) is 6.33 Å². The molecular weight excluding hydrogens is 470 g/mol. The van der Waals surface area contributed by atoms with Gasteiger partial charge in [-0.1, -0.05) is 17.7 Å². The molecule has 0 unspecified atom stereocenters. The van der Waals surface area contributed by atoms with Crippen LogP contribution in [0.25, 0.3) is 10.9 Å². The van der Waals surface area contributed by atoms with Crippen molar-refractivity contribution in [3.05, 3.63) is 47.2 Å². The molecule has 4 rings (SSSR count). The first kappa shape index (κ1) is 25.0. The van der Waals surface area contributed by atoms with Crippen molar-refractivity contribution in [2.24, 2.45) is 5.73 Å². The number of nitrogens with two attached hydrogens (primary N) is 1. The van der Waals surface area contributed by atoms with Crippen LogP contribution in [-0.4, -0.2) is 58.8 Å². The number of nitrogens with zero attached hydrogens (tertiary/aromatic N) is 3. The van der Waals surface area contributed by atoms with Crippen molar-refractivity contribution in [1.29, 1.82) is 0 Å². The number of fused-ring (bicyclic) bond motifs is 1. The van der Waals surface area contributed by atoms with Crippen LogP contribution in [0.4, 0.5) is 11.5 Å². The Labute approximate surface area is 209 Å². The number of methoxy groups -OCH3 is 1. The number of likely N-dealkylation sites (tertiary alicyclic amines) is 1. The van der Waals surface area contributed by atoms with Gasteiger partial charge in [0.25, 0.3) is 0 Å². The molecule has 2 heterocycles. The fourth-order valence-electron chi connectivity index (χ4n) is 4.31. The largest absolute Gasteiger partial charge is 0.493 e. The highest BCUT2D eigenvalue weighted by atomic mass is 35.5. The van der Waals surface area contributed by atoms with Gasteiger partial charge in [0.15, 0.2) is 11.5 Å². The van der Waals surface area contributed by atoms with Crippen LogP contribution in [-0.2, 0) is 11.3 Å². The number of ether oxygens (including phenoxy) is 2. The Bertz CT molecular complexity index is 1190. The molecule has 1 atom stereocenters. The van der Waals surface area contributed by atoms with Gasteiger partial charge in [-0.05, 0) is 62.5 Å². The Balaban J connectivity index is 1.65. The molecule has 9 nitrogen and oxygen atoms in total. The molecule has 2 aromatic carbocycles. The molecular formula is C25H30ClN5O4. The lowest BCUT2D eigenvalue weighted by Crippen LogP contribution is -2.35. The van der Waals surface area contributed by atoms with E-state index in [0.717, 1.165) is 42.4 Å². The first-order valence-corrected chi connectivity index (χ1v) is 12.1. The number of carbonyl (C=O) groups is 1. The van der Waals surface area contributed by atoms with Gasteiger partial charge in [-0.3, -0.25) is 9.69 Å². The van der Waals surface area contributed by atoms with Gasteiger partial charge in [0.1, 0.15) is 18.2 Å². The van der Waals surface area contributed by atoms with E-state index < -0.39 is 12.0 Å². The topological polar surface area (TPSA) is 123 Å². The van der Waals surface area contributed by atoms with Gasteiger partial charge in [-0.2, -0.15) is 0 Å². The lowest BCUT2D eigenvalue weighted by molar-refractivity contribution is -0.142. The summed E-state index contributed by atoms with van der Waals surface area (Å²) in [5.74, 6) is 0.986. The first-order chi connectivity index (χ1) is 17.0. The number of rotatable bonds is 11. The minimum atomic E-state index is -0.791. The average Bonchev–Trinajstić information content (AvgIpc) is 3.32. The highest BCUT2D eigenvalue weighted by Gasteiger charge is 2.30. The summed E-state index contributed by atoms with van der Waals surface area (Å²) in [7, 11) is 1.59. The molecule has 0 aliphatic carbocycles. The van der Waals surface area contributed by atoms with Crippen LogP contribution in [0.3, 0.4) is 0 Å². The lowest BCUT2D eigenvalue weighted by atomic mass is 10.1. The van der Waals surface area contributed by atoms with Crippen molar-refractivity contribution >= 4 is 40.0 Å². The fourth-order valence-corrected chi connectivity index (χ4v) is 4.48. The van der Waals surface area contributed by atoms with Gasteiger partial charge >= 0.3 is 5.97 Å². The minimum Gasteiger partial charge on any atom is -0.493 e. The van der Waals surface area contributed by atoms with E-state index >= 15 is 0 Å². The van der Waals surface area contributed by atoms with Crippen molar-refractivity contribution in [3.63, 3.8) is 0 Å². The second-order valence-electron chi connectivity index (χ2n) is 8.48. The molecule has 186 valence electrons. The summed E-state index contributed by atoms with van der Waals surface area (Å²) < 4.78 is 11.5. The van der Waals surface area contributed by atoms with Crippen molar-refractivity contribution in [2.75, 3.05) is 32.1 Å². The second kappa shape index (κ2) is 11.5. The molecule has 10 heteroatoms. The number of nitrogens with one attached hydrogen (secondary N) is 1. The summed E-state index contributed by atoms with van der Waals surface area (Å²) in [6, 6.07) is 8.75. The average molecular weight is 500 g/mol. The zero-order chi connectivity index (χ0) is 24.8. The Morgan fingerprint density at radius 3 is 2.89 bits per heavy atom. The smallest absolute Gasteiger partial charge is 0.320 e. The predicted octanol–water partition coefficient (Wildman–Crippen LogP) is 4.20. The SMILES string of the molecule is COc1cc2ncnc(Nc3cc(Cl)ccc3CN3CCC[C@@H]3C(=O)O)c2cc1OCCCCN. The summed E-state index contributed by atoms with van der Waals surface area (Å²) >= 11 is 6.32. The van der Waals surface area contributed by atoms with Crippen LogP contribution in [0.15, 0.2) is 36.7 Å². The fraction of sp³-hybridized carbons (Fsp3) is 0.400. The van der Waals surface area contributed by atoms with E-state index in [1.807, 2.05) is 35.2 Å². The number of anilines is 2. The molecule has 35 heavy (non-hydrogen) atoms. The second-order valence-corrected chi connectivity index (χ2v) is 8.92. The third kappa shape index (κ3) is 5.93. The number of carboxylic acids is 1. The van der Waals surface area contributed by atoms with E-state index in [4.69, 9.17) is 26.8 Å². The van der Waals surface area contributed by atoms with E-state index in [2.05, 4.69) is 15.3 Å². The van der Waals surface area contributed by atoms with Crippen LogP contribution in [0, 0.1) is 0 Å². The summed E-state index contributed by atoms with van der Waals surface area (Å²) in [4.78, 5) is 22.5. The molecule has 0 saturated carbocycles. The molecule has 3 aromatic rings. The standard InChI is InChI=1S/C25H30ClN5O4/c1-34-22-13-20-18(12-23(22)35-10-3-2-8-27)24(29-15-28-20)30-19-11-17(26)7-6-16(19)14-31-9-4-5-21(31)25(32)33/h6-7,11-13,15,21H,2-5,8-10,14,27H2,1H3,(H,32,33)(H,28,29,30)/t21-/m1/s1. The van der Waals surface area contributed by atoms with Crippen LogP contribution in [0.2, 0.25) is 5.02 Å². The Morgan fingerprint density at radius 2 is 2.11 bits per heavy atom. The monoisotopic (exact) mass is 499 g/mol. The highest BCUT2D eigenvalue weighted by Crippen LogP contribution is 2.36. The Kier molecular flexibility index (Phi) is 8.22. The molecule has 0 spiro atoms. The van der Waals surface area contributed by atoms with Crippen LogP contribution in [0.5, 0.6) is 11.5 Å². The third-order valence-corrected chi connectivity index (χ3v) is 6.36. The van der Waals surface area contributed by atoms with Gasteiger partial charge < -0.3 is 25.6 Å². The van der Waals surface area contributed by atoms with Gasteiger partial charge in [0, 0.05) is 28.7 Å². The van der Waals surface area contributed by atoms with Gasteiger partial charge in [-0.15, -0.1) is 0 Å². The van der Waals surface area contributed by atoms with Crippen LogP contribution < -0.4 is 20.5 Å². The highest BCUT2D eigenvalue weighted by molar-refractivity contribution is 6.30. The molecule has 1 fully saturated rings. The number of hydrogen-bond donors (Lipinski definition) is 3. The summed E-state index contributed by atoms with van der Waals surface area (Å²) in [6.07, 6.45) is 4.71. The van der Waals surface area contributed by atoms with Crippen molar-refractivity contribution in [2.45, 2.75) is 38.3 Å².